The molecular formula is C23H24N4O3. The normalized spacial score (nSPS) is 23.1. The number of phenolic OH excluding ortho intramolecular Hbond substituents is 1. The first-order valence-electron chi connectivity index (χ1n) is 10.2. The number of nitrogens with one attached hydrogen (secondary N) is 2. The Bertz CT molecular complexity index is 1160. The maximum atomic E-state index is 13.0. The summed E-state index contributed by atoms with van der Waals surface area (Å²) >= 11 is 0. The molecule has 0 radical (unpaired) electrons. The summed E-state index contributed by atoms with van der Waals surface area (Å²) in [6.45, 7) is 6.55. The van der Waals surface area contributed by atoms with Crippen LogP contribution in [0.3, 0.4) is 0 Å². The Kier molecular flexibility index (Phi) is 4.56. The summed E-state index contributed by atoms with van der Waals surface area (Å²) in [4.78, 5) is 15.3. The van der Waals surface area contributed by atoms with Crippen LogP contribution in [0.1, 0.15) is 35.5 Å². The van der Waals surface area contributed by atoms with E-state index in [1.54, 1.807) is 18.2 Å². The smallest absolute Gasteiger partial charge is 0.232 e. The standard InChI is InChI=1S/C23H24N4O3/c1-13-10-27(11-14(2)24-13)12-17-20(28)8-7-16-22(29)21(30-23(16)17)9-19-15-5-3-4-6-18(15)25-26-19/h3-9,13-14,24,28H,10-12H2,1-2H3,(H,25,26)/t13-,14+. The van der Waals surface area contributed by atoms with Gasteiger partial charge < -0.3 is 15.2 Å². The van der Waals surface area contributed by atoms with E-state index in [1.807, 2.05) is 24.3 Å². The zero-order chi connectivity index (χ0) is 20.8. The van der Waals surface area contributed by atoms with Gasteiger partial charge in [0.1, 0.15) is 11.5 Å². The van der Waals surface area contributed by atoms with Crippen LogP contribution >= 0.6 is 0 Å². The second-order valence-corrected chi connectivity index (χ2v) is 8.20. The van der Waals surface area contributed by atoms with Crippen LogP contribution in [-0.2, 0) is 6.54 Å². The number of ether oxygens (including phenoxy) is 1. The van der Waals surface area contributed by atoms with Gasteiger partial charge in [-0.3, -0.25) is 14.8 Å². The van der Waals surface area contributed by atoms with Gasteiger partial charge in [0.25, 0.3) is 0 Å². The Hall–Kier alpha value is -3.16. The van der Waals surface area contributed by atoms with Gasteiger partial charge in [-0.05, 0) is 32.0 Å². The number of aromatic amines is 1. The number of fused-ring (bicyclic) bond motifs is 2. The van der Waals surface area contributed by atoms with Crippen LogP contribution in [-0.4, -0.2) is 51.2 Å². The summed E-state index contributed by atoms with van der Waals surface area (Å²) in [5.41, 5.74) is 2.67. The minimum absolute atomic E-state index is 0.145. The molecule has 1 aromatic heterocycles. The van der Waals surface area contributed by atoms with Gasteiger partial charge in [-0.1, -0.05) is 18.2 Å². The summed E-state index contributed by atoms with van der Waals surface area (Å²) in [5.74, 6) is 0.619. The highest BCUT2D eigenvalue weighted by molar-refractivity contribution is 6.15. The molecule has 5 rings (SSSR count). The Morgan fingerprint density at radius 3 is 2.77 bits per heavy atom. The number of phenols is 1. The van der Waals surface area contributed by atoms with Crippen molar-refractivity contribution in [3.05, 3.63) is 59.0 Å². The zero-order valence-electron chi connectivity index (χ0n) is 17.0. The van der Waals surface area contributed by atoms with E-state index in [1.165, 1.54) is 0 Å². The minimum Gasteiger partial charge on any atom is -0.507 e. The first-order valence-corrected chi connectivity index (χ1v) is 10.2. The van der Waals surface area contributed by atoms with E-state index in [0.717, 1.165) is 24.0 Å². The van der Waals surface area contributed by atoms with Crippen LogP contribution < -0.4 is 10.1 Å². The average molecular weight is 404 g/mol. The molecule has 0 spiro atoms. The molecule has 3 aromatic rings. The van der Waals surface area contributed by atoms with Crippen molar-refractivity contribution in [2.45, 2.75) is 32.5 Å². The second-order valence-electron chi connectivity index (χ2n) is 8.20. The molecule has 3 heterocycles. The van der Waals surface area contributed by atoms with Crippen LogP contribution in [0.15, 0.2) is 42.2 Å². The summed E-state index contributed by atoms with van der Waals surface area (Å²) < 4.78 is 6.00. The summed E-state index contributed by atoms with van der Waals surface area (Å²) in [5, 5.41) is 22.2. The SMILES string of the molecule is C[C@@H]1CN(Cc2c(O)ccc3c2OC(=Cc2n[nH]c4ccccc24)C3=O)C[C@H](C)N1. The van der Waals surface area contributed by atoms with E-state index in [2.05, 4.69) is 34.3 Å². The largest absolute Gasteiger partial charge is 0.507 e. The first-order chi connectivity index (χ1) is 14.5. The number of aromatic nitrogens is 2. The summed E-state index contributed by atoms with van der Waals surface area (Å²) in [7, 11) is 0. The zero-order valence-corrected chi connectivity index (χ0v) is 17.0. The number of aromatic hydroxyl groups is 1. The number of rotatable bonds is 3. The second kappa shape index (κ2) is 7.27. The molecule has 0 amide bonds. The highest BCUT2D eigenvalue weighted by atomic mass is 16.5. The molecular weight excluding hydrogens is 380 g/mol. The molecule has 2 aliphatic heterocycles. The van der Waals surface area contributed by atoms with Crippen molar-refractivity contribution in [1.29, 1.82) is 0 Å². The van der Waals surface area contributed by atoms with Crippen LogP contribution in [0.5, 0.6) is 11.5 Å². The molecule has 0 saturated carbocycles. The number of carbonyl (C=O) groups is 1. The highest BCUT2D eigenvalue weighted by Crippen LogP contribution is 2.40. The van der Waals surface area contributed by atoms with E-state index < -0.39 is 0 Å². The Labute approximate surface area is 174 Å². The number of H-pyrrole nitrogens is 1. The molecule has 2 atom stereocenters. The van der Waals surface area contributed by atoms with Crippen molar-refractivity contribution in [1.82, 2.24) is 20.4 Å². The van der Waals surface area contributed by atoms with E-state index in [0.29, 0.717) is 41.2 Å². The van der Waals surface area contributed by atoms with Crippen LogP contribution in [0.25, 0.3) is 17.0 Å². The fraction of sp³-hybridized carbons (Fsp3) is 0.304. The van der Waals surface area contributed by atoms with Gasteiger partial charge in [0.05, 0.1) is 22.3 Å². The number of piperazine rings is 1. The Balaban J connectivity index is 1.48. The maximum absolute atomic E-state index is 13.0. The Morgan fingerprint density at radius 1 is 1.20 bits per heavy atom. The first kappa shape index (κ1) is 18.8. The predicted molar refractivity (Wildman–Crippen MR) is 114 cm³/mol. The molecule has 154 valence electrons. The summed E-state index contributed by atoms with van der Waals surface area (Å²) in [6.07, 6.45) is 1.66. The molecule has 0 bridgehead atoms. The van der Waals surface area contributed by atoms with Crippen molar-refractivity contribution < 1.29 is 14.6 Å². The number of allylic oxidation sites excluding steroid dienone is 1. The van der Waals surface area contributed by atoms with Gasteiger partial charge >= 0.3 is 0 Å². The van der Waals surface area contributed by atoms with Gasteiger partial charge in [-0.2, -0.15) is 5.10 Å². The minimum atomic E-state index is -0.194. The average Bonchev–Trinajstić information content (AvgIpc) is 3.25. The Morgan fingerprint density at radius 2 is 1.97 bits per heavy atom. The third kappa shape index (κ3) is 3.26. The number of nitrogens with zero attached hydrogens (tertiary/aromatic N) is 2. The molecule has 2 aromatic carbocycles. The predicted octanol–water partition coefficient (Wildman–Crippen LogP) is 3.07. The van der Waals surface area contributed by atoms with E-state index >= 15 is 0 Å². The number of carbonyl (C=O) groups excluding carboxylic acids is 1. The van der Waals surface area contributed by atoms with Crippen molar-refractivity contribution in [3.63, 3.8) is 0 Å². The molecule has 1 saturated heterocycles. The van der Waals surface area contributed by atoms with Crippen molar-refractivity contribution >= 4 is 22.8 Å². The van der Waals surface area contributed by atoms with E-state index in [-0.39, 0.29) is 17.3 Å². The van der Waals surface area contributed by atoms with Gasteiger partial charge in [0.2, 0.25) is 5.78 Å². The number of ketones is 1. The molecule has 0 unspecified atom stereocenters. The third-order valence-electron chi connectivity index (χ3n) is 5.70. The lowest BCUT2D eigenvalue weighted by atomic mass is 10.0. The van der Waals surface area contributed by atoms with Gasteiger partial charge in [0.15, 0.2) is 5.76 Å². The number of hydrogen-bond donors (Lipinski definition) is 3. The molecule has 1 fully saturated rings. The number of benzene rings is 2. The highest BCUT2D eigenvalue weighted by Gasteiger charge is 2.33. The van der Waals surface area contributed by atoms with Crippen molar-refractivity contribution in [2.24, 2.45) is 0 Å². The summed E-state index contributed by atoms with van der Waals surface area (Å²) in [6, 6.07) is 11.7. The third-order valence-corrected chi connectivity index (χ3v) is 5.70. The fourth-order valence-corrected chi connectivity index (χ4v) is 4.46. The molecule has 0 aliphatic carbocycles. The van der Waals surface area contributed by atoms with Gasteiger partial charge in [-0.25, -0.2) is 0 Å². The number of hydrogen-bond acceptors (Lipinski definition) is 6. The maximum Gasteiger partial charge on any atom is 0.232 e. The molecule has 2 aliphatic rings. The molecule has 7 nitrogen and oxygen atoms in total. The number of Topliss-reactive ketones (excluding diaryl/α,β-unsaturated/α-hetero) is 1. The van der Waals surface area contributed by atoms with Gasteiger partial charge in [-0.15, -0.1) is 0 Å². The van der Waals surface area contributed by atoms with Crippen molar-refractivity contribution in [2.75, 3.05) is 13.1 Å². The van der Waals surface area contributed by atoms with E-state index in [9.17, 15) is 9.90 Å². The quantitative estimate of drug-likeness (QED) is 0.582. The van der Waals surface area contributed by atoms with E-state index in [4.69, 9.17) is 4.74 Å². The lowest BCUT2D eigenvalue weighted by Gasteiger charge is -2.36. The van der Waals surface area contributed by atoms with Crippen LogP contribution in [0.2, 0.25) is 0 Å². The lowest BCUT2D eigenvalue weighted by Crippen LogP contribution is -2.53. The fourth-order valence-electron chi connectivity index (χ4n) is 4.46. The van der Waals surface area contributed by atoms with Crippen LogP contribution in [0, 0.1) is 0 Å². The monoisotopic (exact) mass is 404 g/mol. The van der Waals surface area contributed by atoms with Crippen LogP contribution in [0.4, 0.5) is 0 Å². The molecule has 7 heteroatoms. The molecule has 3 N–H and O–H groups in total. The van der Waals surface area contributed by atoms with Gasteiger partial charge in [0, 0.05) is 43.2 Å². The van der Waals surface area contributed by atoms with Crippen molar-refractivity contribution in [3.8, 4) is 11.5 Å². The molecule has 30 heavy (non-hydrogen) atoms. The topological polar surface area (TPSA) is 90.5 Å². The number of para-hydroxylation sites is 1. The lowest BCUT2D eigenvalue weighted by molar-refractivity contribution is 0.101.